The van der Waals surface area contributed by atoms with Gasteiger partial charge in [0.2, 0.25) is 0 Å². The molecule has 0 unspecified atom stereocenters. The molecule has 0 amide bonds. The zero-order valence-corrected chi connectivity index (χ0v) is 10.00. The van der Waals surface area contributed by atoms with Crippen molar-refractivity contribution < 1.29 is 13.9 Å². The average Bonchev–Trinajstić information content (AvgIpc) is 2.37. The number of halogens is 1. The third kappa shape index (κ3) is 3.61. The molecule has 2 N–H and O–H groups in total. The minimum Gasteiger partial charge on any atom is -0.491 e. The van der Waals surface area contributed by atoms with Gasteiger partial charge in [0.25, 0.3) is 6.08 Å². The Balaban J connectivity index is 3.08. The van der Waals surface area contributed by atoms with Crippen LogP contribution in [-0.2, 0) is 4.79 Å². The second kappa shape index (κ2) is 7.09. The minimum atomic E-state index is -0.537. The van der Waals surface area contributed by atoms with Crippen molar-refractivity contribution in [2.45, 2.75) is 6.92 Å². The van der Waals surface area contributed by atoms with Crippen molar-refractivity contribution in [1.82, 2.24) is 0 Å². The molecule has 0 saturated carbocycles. The SMILES string of the molecule is C=CCNc1cc(OCC)c(F)cc1NN=C=O. The van der Waals surface area contributed by atoms with Crippen molar-refractivity contribution in [1.29, 1.82) is 0 Å². The van der Waals surface area contributed by atoms with E-state index in [-0.39, 0.29) is 5.75 Å². The molecule has 0 bridgehead atoms. The first-order valence-electron chi connectivity index (χ1n) is 5.36. The molecule has 0 radical (unpaired) electrons. The molecule has 0 atom stereocenters. The highest BCUT2D eigenvalue weighted by Crippen LogP contribution is 2.30. The first-order valence-corrected chi connectivity index (χ1v) is 5.36. The van der Waals surface area contributed by atoms with Crippen LogP contribution in [0.3, 0.4) is 0 Å². The standard InChI is InChI=1S/C12H14FN3O2/c1-3-5-14-10-7-12(18-4-2)9(13)6-11(10)16-15-8-17/h3,6-7,14,16H,1,4-5H2,2H3. The topological polar surface area (TPSA) is 62.7 Å². The average molecular weight is 251 g/mol. The molecule has 1 aromatic carbocycles. The number of nitrogens with one attached hydrogen (secondary N) is 2. The molecule has 1 rings (SSSR count). The van der Waals surface area contributed by atoms with Crippen molar-refractivity contribution in [2.75, 3.05) is 23.9 Å². The van der Waals surface area contributed by atoms with Gasteiger partial charge in [-0.2, -0.15) is 0 Å². The van der Waals surface area contributed by atoms with Gasteiger partial charge in [0, 0.05) is 18.7 Å². The molecule has 0 aliphatic rings. The Morgan fingerprint density at radius 2 is 2.33 bits per heavy atom. The highest BCUT2D eigenvalue weighted by Gasteiger charge is 2.10. The first kappa shape index (κ1) is 13.7. The predicted molar refractivity (Wildman–Crippen MR) is 68.0 cm³/mol. The zero-order chi connectivity index (χ0) is 13.4. The van der Waals surface area contributed by atoms with E-state index >= 15 is 0 Å². The quantitative estimate of drug-likeness (QED) is 0.338. The Bertz CT molecular complexity index is 471. The lowest BCUT2D eigenvalue weighted by Crippen LogP contribution is -2.04. The number of isocyanates is 1. The molecule has 96 valence electrons. The van der Waals surface area contributed by atoms with Gasteiger partial charge < -0.3 is 10.1 Å². The van der Waals surface area contributed by atoms with Crippen LogP contribution in [0.5, 0.6) is 5.75 Å². The number of anilines is 2. The van der Waals surface area contributed by atoms with Crippen LogP contribution in [0.4, 0.5) is 15.8 Å². The Kier molecular flexibility index (Phi) is 5.41. The van der Waals surface area contributed by atoms with Gasteiger partial charge in [0.1, 0.15) is 0 Å². The second-order valence-electron chi connectivity index (χ2n) is 3.25. The van der Waals surface area contributed by atoms with E-state index in [1.54, 1.807) is 13.0 Å². The summed E-state index contributed by atoms with van der Waals surface area (Å²) >= 11 is 0. The summed E-state index contributed by atoms with van der Waals surface area (Å²) in [4.78, 5) is 10.0. The number of ether oxygens (including phenoxy) is 1. The van der Waals surface area contributed by atoms with E-state index in [0.717, 1.165) is 0 Å². The number of benzene rings is 1. The van der Waals surface area contributed by atoms with Crippen molar-refractivity contribution in [2.24, 2.45) is 5.10 Å². The van der Waals surface area contributed by atoms with E-state index in [4.69, 9.17) is 4.74 Å². The fraction of sp³-hybridized carbons (Fsp3) is 0.250. The van der Waals surface area contributed by atoms with Crippen LogP contribution in [0.15, 0.2) is 29.9 Å². The number of hydrogen-bond acceptors (Lipinski definition) is 5. The predicted octanol–water partition coefficient (Wildman–Crippen LogP) is 2.49. The fourth-order valence-electron chi connectivity index (χ4n) is 1.32. The third-order valence-electron chi connectivity index (χ3n) is 2.03. The highest BCUT2D eigenvalue weighted by atomic mass is 19.1. The van der Waals surface area contributed by atoms with E-state index in [1.165, 1.54) is 18.2 Å². The van der Waals surface area contributed by atoms with Crippen molar-refractivity contribution in [3.8, 4) is 5.75 Å². The molecule has 0 saturated heterocycles. The smallest absolute Gasteiger partial charge is 0.258 e. The summed E-state index contributed by atoms with van der Waals surface area (Å²) in [6.45, 7) is 6.17. The van der Waals surface area contributed by atoms with Crippen molar-refractivity contribution >= 4 is 17.5 Å². The summed E-state index contributed by atoms with van der Waals surface area (Å²) in [5.74, 6) is -0.408. The maximum Gasteiger partial charge on any atom is 0.258 e. The summed E-state index contributed by atoms with van der Waals surface area (Å²) in [6.07, 6.45) is 2.97. The summed E-state index contributed by atoms with van der Waals surface area (Å²) in [5.41, 5.74) is 3.27. The van der Waals surface area contributed by atoms with Crippen LogP contribution in [-0.4, -0.2) is 19.2 Å². The molecule has 0 heterocycles. The monoisotopic (exact) mass is 251 g/mol. The molecular weight excluding hydrogens is 237 g/mol. The van der Waals surface area contributed by atoms with Gasteiger partial charge >= 0.3 is 0 Å². The second-order valence-corrected chi connectivity index (χ2v) is 3.25. The number of hydrogen-bond donors (Lipinski definition) is 2. The summed E-state index contributed by atoms with van der Waals surface area (Å²) in [7, 11) is 0. The molecule has 1 aromatic rings. The summed E-state index contributed by atoms with van der Waals surface area (Å²) in [6, 6.07) is 2.68. The zero-order valence-electron chi connectivity index (χ0n) is 10.00. The molecule has 0 aliphatic carbocycles. The van der Waals surface area contributed by atoms with Crippen LogP contribution >= 0.6 is 0 Å². The van der Waals surface area contributed by atoms with Gasteiger partial charge in [-0.3, -0.25) is 5.43 Å². The van der Waals surface area contributed by atoms with Crippen LogP contribution in [0.2, 0.25) is 0 Å². The maximum atomic E-state index is 13.6. The van der Waals surface area contributed by atoms with E-state index in [0.29, 0.717) is 24.5 Å². The van der Waals surface area contributed by atoms with Crippen LogP contribution < -0.4 is 15.5 Å². The Morgan fingerprint density at radius 1 is 1.56 bits per heavy atom. The van der Waals surface area contributed by atoms with E-state index in [2.05, 4.69) is 22.4 Å². The first-order chi connectivity index (χ1) is 8.72. The van der Waals surface area contributed by atoms with Gasteiger partial charge in [-0.1, -0.05) is 11.2 Å². The van der Waals surface area contributed by atoms with Crippen molar-refractivity contribution in [3.63, 3.8) is 0 Å². The fourth-order valence-corrected chi connectivity index (χ4v) is 1.32. The van der Waals surface area contributed by atoms with Gasteiger partial charge in [0.05, 0.1) is 18.0 Å². The summed E-state index contributed by atoms with van der Waals surface area (Å²) in [5, 5.41) is 6.18. The Morgan fingerprint density at radius 3 is 2.94 bits per heavy atom. The third-order valence-corrected chi connectivity index (χ3v) is 2.03. The molecule has 6 heteroatoms. The highest BCUT2D eigenvalue weighted by molar-refractivity contribution is 5.71. The van der Waals surface area contributed by atoms with Crippen LogP contribution in [0, 0.1) is 5.82 Å². The van der Waals surface area contributed by atoms with Gasteiger partial charge in [-0.05, 0) is 6.92 Å². The van der Waals surface area contributed by atoms with Crippen LogP contribution in [0.25, 0.3) is 0 Å². The lowest BCUT2D eigenvalue weighted by Gasteiger charge is -2.13. The molecular formula is C12H14FN3O2. The van der Waals surface area contributed by atoms with Crippen LogP contribution in [0.1, 0.15) is 6.92 Å². The van der Waals surface area contributed by atoms with E-state index in [1.807, 2.05) is 0 Å². The lowest BCUT2D eigenvalue weighted by molar-refractivity contribution is 0.322. The van der Waals surface area contributed by atoms with Gasteiger partial charge in [-0.15, -0.1) is 6.58 Å². The Labute approximate surface area is 104 Å². The number of nitrogens with zero attached hydrogens (tertiary/aromatic N) is 1. The molecule has 0 aromatic heterocycles. The Hall–Kier alpha value is -2.33. The number of carbonyl (C=O) groups excluding carboxylic acids is 1. The molecule has 0 spiro atoms. The maximum absolute atomic E-state index is 13.6. The summed E-state index contributed by atoms with van der Waals surface area (Å²) < 4.78 is 18.8. The van der Waals surface area contributed by atoms with Gasteiger partial charge in [-0.25, -0.2) is 9.18 Å². The van der Waals surface area contributed by atoms with E-state index < -0.39 is 5.82 Å². The lowest BCUT2D eigenvalue weighted by atomic mass is 10.2. The normalized spacial score (nSPS) is 9.22. The number of hydrazone groups is 1. The number of rotatable bonds is 7. The largest absolute Gasteiger partial charge is 0.491 e. The molecule has 0 aliphatic heterocycles. The van der Waals surface area contributed by atoms with Gasteiger partial charge in [0.15, 0.2) is 11.6 Å². The molecule has 18 heavy (non-hydrogen) atoms. The van der Waals surface area contributed by atoms with Crippen molar-refractivity contribution in [3.05, 3.63) is 30.6 Å². The minimum absolute atomic E-state index is 0.129. The molecule has 0 fully saturated rings. The van der Waals surface area contributed by atoms with E-state index in [9.17, 15) is 9.18 Å². The molecule has 5 nitrogen and oxygen atoms in total.